The van der Waals surface area contributed by atoms with E-state index >= 15 is 0 Å². The van der Waals surface area contributed by atoms with Gasteiger partial charge in [0, 0.05) is 18.7 Å². The summed E-state index contributed by atoms with van der Waals surface area (Å²) in [7, 11) is 2.14. The highest BCUT2D eigenvalue weighted by Crippen LogP contribution is 2.25. The van der Waals surface area contributed by atoms with Gasteiger partial charge in [-0.1, -0.05) is 12.8 Å². The van der Waals surface area contributed by atoms with Crippen molar-refractivity contribution in [3.05, 3.63) is 0 Å². The van der Waals surface area contributed by atoms with Crippen molar-refractivity contribution < 1.29 is 9.84 Å². The Hall–Kier alpha value is -0.120. The van der Waals surface area contributed by atoms with E-state index in [2.05, 4.69) is 11.9 Å². The molecule has 1 saturated heterocycles. The van der Waals surface area contributed by atoms with Crippen molar-refractivity contribution in [1.82, 2.24) is 4.90 Å². The lowest BCUT2D eigenvalue weighted by molar-refractivity contribution is 0.0105. The smallest absolute Gasteiger partial charge is 0.0695 e. The zero-order valence-corrected chi connectivity index (χ0v) is 8.98. The van der Waals surface area contributed by atoms with Crippen LogP contribution in [0.15, 0.2) is 0 Å². The van der Waals surface area contributed by atoms with E-state index < -0.39 is 0 Å². The quantitative estimate of drug-likeness (QED) is 0.720. The van der Waals surface area contributed by atoms with Gasteiger partial charge >= 0.3 is 0 Å². The second-order valence-corrected chi connectivity index (χ2v) is 4.60. The minimum atomic E-state index is -0.116. The molecule has 1 saturated carbocycles. The van der Waals surface area contributed by atoms with Crippen LogP contribution in [0.1, 0.15) is 32.1 Å². The molecule has 3 nitrogen and oxygen atoms in total. The molecule has 0 radical (unpaired) electrons. The Morgan fingerprint density at radius 2 is 2.00 bits per heavy atom. The number of nitrogens with zero attached hydrogens (tertiary/aromatic N) is 1. The standard InChI is InChI=1S/C11H21NO2/c1-12(9-6-7-14-8-9)10-4-2-3-5-11(10)13/h9-11,13H,2-8H2,1H3/t9?,10-,11-/m0/s1. The molecule has 3 heteroatoms. The summed E-state index contributed by atoms with van der Waals surface area (Å²) in [5.74, 6) is 0. The van der Waals surface area contributed by atoms with Gasteiger partial charge in [0.25, 0.3) is 0 Å². The highest BCUT2D eigenvalue weighted by atomic mass is 16.5. The predicted octanol–water partition coefficient (Wildman–Crippen LogP) is 1.01. The minimum Gasteiger partial charge on any atom is -0.391 e. The van der Waals surface area contributed by atoms with Crippen molar-refractivity contribution in [2.75, 3.05) is 20.3 Å². The molecule has 1 heterocycles. The van der Waals surface area contributed by atoms with Crippen molar-refractivity contribution >= 4 is 0 Å². The summed E-state index contributed by atoms with van der Waals surface area (Å²) in [5.41, 5.74) is 0. The van der Waals surface area contributed by atoms with Crippen LogP contribution in [0.3, 0.4) is 0 Å². The maximum atomic E-state index is 9.92. The van der Waals surface area contributed by atoms with Crippen molar-refractivity contribution in [3.8, 4) is 0 Å². The molecule has 1 unspecified atom stereocenters. The molecule has 0 aromatic rings. The SMILES string of the molecule is CN(C1CCOC1)[C@H]1CCCC[C@@H]1O. The van der Waals surface area contributed by atoms with Gasteiger partial charge in [-0.25, -0.2) is 0 Å². The van der Waals surface area contributed by atoms with Crippen LogP contribution < -0.4 is 0 Å². The minimum absolute atomic E-state index is 0.116. The van der Waals surface area contributed by atoms with Gasteiger partial charge in [0.15, 0.2) is 0 Å². The summed E-state index contributed by atoms with van der Waals surface area (Å²) in [4.78, 5) is 2.34. The zero-order chi connectivity index (χ0) is 9.97. The summed E-state index contributed by atoms with van der Waals surface area (Å²) in [6, 6.07) is 0.906. The highest BCUT2D eigenvalue weighted by molar-refractivity contribution is 4.86. The maximum absolute atomic E-state index is 9.92. The molecule has 2 aliphatic rings. The fraction of sp³-hybridized carbons (Fsp3) is 1.00. The van der Waals surface area contributed by atoms with Gasteiger partial charge in [-0.2, -0.15) is 0 Å². The lowest BCUT2D eigenvalue weighted by Crippen LogP contribution is -2.48. The first-order valence-electron chi connectivity index (χ1n) is 5.77. The lowest BCUT2D eigenvalue weighted by Gasteiger charge is -2.38. The molecule has 0 spiro atoms. The van der Waals surface area contributed by atoms with E-state index in [1.165, 1.54) is 12.8 Å². The molecule has 1 aliphatic carbocycles. The molecule has 1 aliphatic heterocycles. The number of rotatable bonds is 2. The summed E-state index contributed by atoms with van der Waals surface area (Å²) in [6.07, 6.45) is 5.58. The van der Waals surface area contributed by atoms with Gasteiger partial charge in [0.05, 0.1) is 12.7 Å². The third kappa shape index (κ3) is 2.10. The topological polar surface area (TPSA) is 32.7 Å². The molecule has 2 rings (SSSR count). The first kappa shape index (κ1) is 10.4. The Bertz CT molecular complexity index is 180. The van der Waals surface area contributed by atoms with E-state index in [-0.39, 0.29) is 6.10 Å². The first-order chi connectivity index (χ1) is 6.79. The lowest BCUT2D eigenvalue weighted by atomic mass is 9.91. The van der Waals surface area contributed by atoms with Crippen LogP contribution in [0.25, 0.3) is 0 Å². The molecule has 0 aromatic heterocycles. The molecule has 0 bridgehead atoms. The van der Waals surface area contributed by atoms with E-state index in [1.807, 2.05) is 0 Å². The maximum Gasteiger partial charge on any atom is 0.0695 e. The summed E-state index contributed by atoms with van der Waals surface area (Å²) < 4.78 is 5.38. The molecule has 1 N–H and O–H groups in total. The van der Waals surface area contributed by atoms with Crippen molar-refractivity contribution in [2.24, 2.45) is 0 Å². The number of likely N-dealkylation sites (N-methyl/N-ethyl adjacent to an activating group) is 1. The molecule has 3 atom stereocenters. The van der Waals surface area contributed by atoms with Crippen LogP contribution in [0.4, 0.5) is 0 Å². The third-order valence-corrected chi connectivity index (χ3v) is 3.70. The van der Waals surface area contributed by atoms with Crippen LogP contribution in [0, 0.1) is 0 Å². The Balaban J connectivity index is 1.91. The fourth-order valence-corrected chi connectivity index (χ4v) is 2.68. The Morgan fingerprint density at radius 3 is 2.64 bits per heavy atom. The first-order valence-corrected chi connectivity index (χ1v) is 5.77. The second kappa shape index (κ2) is 4.60. The molecule has 14 heavy (non-hydrogen) atoms. The Labute approximate surface area is 86.0 Å². The van der Waals surface area contributed by atoms with Crippen LogP contribution >= 0.6 is 0 Å². The van der Waals surface area contributed by atoms with Crippen molar-refractivity contribution in [3.63, 3.8) is 0 Å². The van der Waals surface area contributed by atoms with E-state index in [9.17, 15) is 5.11 Å². The van der Waals surface area contributed by atoms with Gasteiger partial charge in [-0.15, -0.1) is 0 Å². The monoisotopic (exact) mass is 199 g/mol. The number of hydrogen-bond acceptors (Lipinski definition) is 3. The molecule has 2 fully saturated rings. The van der Waals surface area contributed by atoms with Crippen LogP contribution in [0.5, 0.6) is 0 Å². The van der Waals surface area contributed by atoms with E-state index in [4.69, 9.17) is 4.74 Å². The van der Waals surface area contributed by atoms with Gasteiger partial charge < -0.3 is 9.84 Å². The number of aliphatic hydroxyl groups is 1. The van der Waals surface area contributed by atoms with Crippen molar-refractivity contribution in [1.29, 1.82) is 0 Å². The molecular weight excluding hydrogens is 178 g/mol. The number of ether oxygens (including phenoxy) is 1. The zero-order valence-electron chi connectivity index (χ0n) is 8.98. The Morgan fingerprint density at radius 1 is 1.21 bits per heavy atom. The summed E-state index contributed by atoms with van der Waals surface area (Å²) in [6.45, 7) is 1.73. The average Bonchev–Trinajstić information content (AvgIpc) is 2.70. The average molecular weight is 199 g/mol. The fourth-order valence-electron chi connectivity index (χ4n) is 2.68. The highest BCUT2D eigenvalue weighted by Gasteiger charge is 2.32. The predicted molar refractivity (Wildman–Crippen MR) is 55.2 cm³/mol. The van der Waals surface area contributed by atoms with E-state index in [1.54, 1.807) is 0 Å². The third-order valence-electron chi connectivity index (χ3n) is 3.70. The van der Waals surface area contributed by atoms with E-state index in [0.29, 0.717) is 12.1 Å². The van der Waals surface area contributed by atoms with Crippen LogP contribution in [0.2, 0.25) is 0 Å². The largest absolute Gasteiger partial charge is 0.391 e. The number of aliphatic hydroxyl groups excluding tert-OH is 1. The number of hydrogen-bond donors (Lipinski definition) is 1. The Kier molecular flexibility index (Phi) is 3.42. The summed E-state index contributed by atoms with van der Waals surface area (Å²) in [5, 5.41) is 9.92. The van der Waals surface area contributed by atoms with Crippen LogP contribution in [-0.2, 0) is 4.74 Å². The van der Waals surface area contributed by atoms with Crippen molar-refractivity contribution in [2.45, 2.75) is 50.3 Å². The molecular formula is C11H21NO2. The van der Waals surface area contributed by atoms with Gasteiger partial charge in [0.2, 0.25) is 0 Å². The molecule has 82 valence electrons. The summed E-state index contributed by atoms with van der Waals surface area (Å²) >= 11 is 0. The molecule has 0 amide bonds. The van der Waals surface area contributed by atoms with Gasteiger partial charge in [0.1, 0.15) is 0 Å². The van der Waals surface area contributed by atoms with Gasteiger partial charge in [-0.3, -0.25) is 4.90 Å². The van der Waals surface area contributed by atoms with E-state index in [0.717, 1.165) is 32.5 Å². The van der Waals surface area contributed by atoms with Crippen LogP contribution in [-0.4, -0.2) is 48.5 Å². The normalized spacial score (nSPS) is 39.2. The van der Waals surface area contributed by atoms with Gasteiger partial charge in [-0.05, 0) is 26.3 Å². The molecule has 0 aromatic carbocycles. The second-order valence-electron chi connectivity index (χ2n) is 4.60.